The van der Waals surface area contributed by atoms with Crippen molar-refractivity contribution in [2.75, 3.05) is 26.8 Å². The Labute approximate surface area is 178 Å². The van der Waals surface area contributed by atoms with E-state index in [1.807, 2.05) is 0 Å². The summed E-state index contributed by atoms with van der Waals surface area (Å²) in [6, 6.07) is 10.5. The molecular weight excluding hydrogens is 404 g/mol. The normalized spacial score (nSPS) is 10.5. The van der Waals surface area contributed by atoms with E-state index in [4.69, 9.17) is 9.84 Å². The molecule has 10 heteroatoms. The molecule has 0 heterocycles. The average molecular weight is 428 g/mol. The monoisotopic (exact) mass is 428 g/mol. The molecule has 5 N–H and O–H groups in total. The van der Waals surface area contributed by atoms with Crippen LogP contribution in [0.25, 0.3) is 0 Å². The molecule has 10 nitrogen and oxygen atoms in total. The molecule has 31 heavy (non-hydrogen) atoms. The van der Waals surface area contributed by atoms with E-state index in [1.54, 1.807) is 12.1 Å². The zero-order valence-electron chi connectivity index (χ0n) is 16.9. The highest BCUT2D eigenvalue weighted by Gasteiger charge is 2.09. The van der Waals surface area contributed by atoms with Gasteiger partial charge in [-0.05, 0) is 42.5 Å². The number of aliphatic hydroxyl groups is 1. The van der Waals surface area contributed by atoms with E-state index in [0.717, 1.165) is 0 Å². The maximum Gasteiger partial charge on any atom is 0.271 e. The number of hydrazone groups is 1. The number of carbonyl (C=O) groups excluding carboxylic acids is 3. The molecule has 2 aromatic rings. The molecule has 0 atom stereocenters. The molecule has 0 saturated heterocycles. The van der Waals surface area contributed by atoms with Crippen LogP contribution in [0.2, 0.25) is 0 Å². The molecular formula is C21H24N4O6. The summed E-state index contributed by atoms with van der Waals surface area (Å²) in [6.07, 6.45) is 1.38. The number of nitrogens with zero attached hydrogens (tertiary/aromatic N) is 1. The first kappa shape index (κ1) is 23.4. The minimum Gasteiger partial charge on any atom is -0.507 e. The van der Waals surface area contributed by atoms with Crippen molar-refractivity contribution in [3.8, 4) is 11.5 Å². The summed E-state index contributed by atoms with van der Waals surface area (Å²) in [7, 11) is 1.50. The first-order valence-electron chi connectivity index (χ1n) is 9.41. The molecule has 0 aliphatic carbocycles. The van der Waals surface area contributed by atoms with Crippen LogP contribution in [-0.4, -0.2) is 61.0 Å². The number of hydrogen-bond donors (Lipinski definition) is 5. The first-order valence-corrected chi connectivity index (χ1v) is 9.41. The molecule has 2 rings (SSSR count). The number of benzene rings is 2. The Morgan fingerprint density at radius 1 is 1.00 bits per heavy atom. The van der Waals surface area contributed by atoms with E-state index in [0.29, 0.717) is 16.9 Å². The summed E-state index contributed by atoms with van der Waals surface area (Å²) in [6.45, 7) is 0.165. The zero-order chi connectivity index (χ0) is 22.6. The lowest BCUT2D eigenvalue weighted by Crippen LogP contribution is -2.32. The number of carbonyl (C=O) groups is 3. The highest BCUT2D eigenvalue weighted by atomic mass is 16.5. The maximum atomic E-state index is 12.2. The van der Waals surface area contributed by atoms with Crippen LogP contribution in [0.5, 0.6) is 11.5 Å². The average Bonchev–Trinajstić information content (AvgIpc) is 2.78. The summed E-state index contributed by atoms with van der Waals surface area (Å²) in [5, 5.41) is 27.3. The lowest BCUT2D eigenvalue weighted by atomic mass is 10.1. The van der Waals surface area contributed by atoms with Crippen LogP contribution in [0.1, 0.15) is 32.7 Å². The first-order chi connectivity index (χ1) is 14.9. The van der Waals surface area contributed by atoms with Crippen molar-refractivity contribution >= 4 is 23.9 Å². The van der Waals surface area contributed by atoms with E-state index in [1.165, 1.54) is 43.7 Å². The smallest absolute Gasteiger partial charge is 0.271 e. The molecule has 2 aromatic carbocycles. The number of phenolic OH excluding ortho intramolecular Hbond substituents is 1. The third kappa shape index (κ3) is 7.44. The minimum atomic E-state index is -0.494. The Bertz CT molecular complexity index is 943. The van der Waals surface area contributed by atoms with Crippen molar-refractivity contribution < 1.29 is 29.3 Å². The fourth-order valence-electron chi connectivity index (χ4n) is 2.44. The van der Waals surface area contributed by atoms with Gasteiger partial charge in [-0.2, -0.15) is 5.10 Å². The number of rotatable bonds is 10. The summed E-state index contributed by atoms with van der Waals surface area (Å²) in [4.78, 5) is 35.7. The van der Waals surface area contributed by atoms with Gasteiger partial charge in [0.1, 0.15) is 11.5 Å². The molecule has 0 saturated carbocycles. The van der Waals surface area contributed by atoms with Crippen molar-refractivity contribution in [1.29, 1.82) is 0 Å². The Hall–Kier alpha value is -3.92. The molecule has 0 radical (unpaired) electrons. The van der Waals surface area contributed by atoms with Crippen LogP contribution in [0, 0.1) is 0 Å². The summed E-state index contributed by atoms with van der Waals surface area (Å²) < 4.78 is 5.07. The van der Waals surface area contributed by atoms with Crippen molar-refractivity contribution in [1.82, 2.24) is 16.1 Å². The predicted octanol–water partition coefficient (Wildman–Crippen LogP) is 0.393. The fraction of sp³-hybridized carbons (Fsp3) is 0.238. The van der Waals surface area contributed by atoms with E-state index in [-0.39, 0.29) is 49.2 Å². The van der Waals surface area contributed by atoms with Gasteiger partial charge in [-0.25, -0.2) is 5.43 Å². The van der Waals surface area contributed by atoms with Gasteiger partial charge >= 0.3 is 0 Å². The Balaban J connectivity index is 1.86. The van der Waals surface area contributed by atoms with Crippen molar-refractivity contribution in [2.45, 2.75) is 6.42 Å². The third-order valence-electron chi connectivity index (χ3n) is 4.09. The molecule has 164 valence electrons. The van der Waals surface area contributed by atoms with Gasteiger partial charge in [-0.15, -0.1) is 0 Å². The van der Waals surface area contributed by atoms with Gasteiger partial charge in [-0.3, -0.25) is 14.4 Å². The zero-order valence-corrected chi connectivity index (χ0v) is 16.9. The lowest BCUT2D eigenvalue weighted by molar-refractivity contribution is -0.121. The molecule has 0 fully saturated rings. The second-order valence-electron chi connectivity index (χ2n) is 6.28. The summed E-state index contributed by atoms with van der Waals surface area (Å²) >= 11 is 0. The quantitative estimate of drug-likeness (QED) is 0.273. The topological polar surface area (TPSA) is 149 Å². The summed E-state index contributed by atoms with van der Waals surface area (Å²) in [5.41, 5.74) is 3.33. The molecule has 3 amide bonds. The van der Waals surface area contributed by atoms with E-state index >= 15 is 0 Å². The number of ether oxygens (including phenoxy) is 1. The van der Waals surface area contributed by atoms with Gasteiger partial charge in [0.25, 0.3) is 11.8 Å². The van der Waals surface area contributed by atoms with Gasteiger partial charge in [0.05, 0.1) is 19.9 Å². The number of hydrogen-bond acceptors (Lipinski definition) is 7. The van der Waals surface area contributed by atoms with Gasteiger partial charge in [-0.1, -0.05) is 0 Å². The van der Waals surface area contributed by atoms with Gasteiger partial charge in [0.15, 0.2) is 0 Å². The second-order valence-corrected chi connectivity index (χ2v) is 6.28. The summed E-state index contributed by atoms with van der Waals surface area (Å²) in [5.74, 6) is -0.631. The van der Waals surface area contributed by atoms with Crippen molar-refractivity contribution in [2.24, 2.45) is 5.10 Å². The molecule has 0 unspecified atom stereocenters. The molecule has 0 aromatic heterocycles. The van der Waals surface area contributed by atoms with Gasteiger partial charge in [0, 0.05) is 36.2 Å². The van der Waals surface area contributed by atoms with Crippen LogP contribution < -0.4 is 20.8 Å². The van der Waals surface area contributed by atoms with Crippen LogP contribution in [0.4, 0.5) is 0 Å². The van der Waals surface area contributed by atoms with Gasteiger partial charge in [0.2, 0.25) is 5.91 Å². The number of aromatic hydroxyl groups is 1. The number of methoxy groups -OCH3 is 1. The number of amides is 3. The number of aliphatic hydroxyl groups excluding tert-OH is 1. The highest BCUT2D eigenvalue weighted by Crippen LogP contribution is 2.20. The maximum absolute atomic E-state index is 12.2. The SMILES string of the molecule is COc1ccc(O)c(/C=N/NC(=O)c2ccc(C(=O)NCCC(=O)NCCO)cc2)c1. The van der Waals surface area contributed by atoms with Crippen LogP contribution in [0.15, 0.2) is 47.6 Å². The van der Waals surface area contributed by atoms with Crippen molar-refractivity contribution in [3.63, 3.8) is 0 Å². The van der Waals surface area contributed by atoms with E-state index in [9.17, 15) is 19.5 Å². The molecule has 0 spiro atoms. The van der Waals surface area contributed by atoms with E-state index in [2.05, 4.69) is 21.2 Å². The molecule has 0 aliphatic heterocycles. The highest BCUT2D eigenvalue weighted by molar-refractivity contribution is 5.98. The Morgan fingerprint density at radius 3 is 2.32 bits per heavy atom. The minimum absolute atomic E-state index is 0.0138. The number of nitrogens with one attached hydrogen (secondary N) is 3. The van der Waals surface area contributed by atoms with Crippen LogP contribution in [0.3, 0.4) is 0 Å². The molecule has 0 aliphatic rings. The van der Waals surface area contributed by atoms with Crippen LogP contribution in [-0.2, 0) is 4.79 Å². The largest absolute Gasteiger partial charge is 0.507 e. The van der Waals surface area contributed by atoms with E-state index < -0.39 is 5.91 Å². The van der Waals surface area contributed by atoms with Crippen LogP contribution >= 0.6 is 0 Å². The van der Waals surface area contributed by atoms with Gasteiger partial charge < -0.3 is 25.6 Å². The Kier molecular flexibility index (Phi) is 8.99. The fourth-order valence-corrected chi connectivity index (χ4v) is 2.44. The second kappa shape index (κ2) is 11.9. The standard InChI is InChI=1S/C21H24N4O6/c1-31-17-6-7-18(27)16(12-17)13-24-25-21(30)15-4-2-14(3-5-15)20(29)23-9-8-19(28)22-10-11-26/h2-7,12-13,26-27H,8-11H2,1H3,(H,22,28)(H,23,29)(H,25,30)/b24-13+. The third-order valence-corrected chi connectivity index (χ3v) is 4.09. The van der Waals surface area contributed by atoms with Crippen molar-refractivity contribution in [3.05, 3.63) is 59.2 Å². The number of phenols is 1. The lowest BCUT2D eigenvalue weighted by Gasteiger charge is -2.07. The molecule has 0 bridgehead atoms. The Morgan fingerprint density at radius 2 is 1.68 bits per heavy atom. The predicted molar refractivity (Wildman–Crippen MR) is 113 cm³/mol.